The van der Waals surface area contributed by atoms with E-state index in [0.717, 1.165) is 11.1 Å². The van der Waals surface area contributed by atoms with Gasteiger partial charge in [-0.15, -0.1) is 0 Å². The summed E-state index contributed by atoms with van der Waals surface area (Å²) in [6, 6.07) is 28.9. The normalized spacial score (nSPS) is 11.1. The van der Waals surface area contributed by atoms with E-state index in [1.54, 1.807) is 12.1 Å². The predicted molar refractivity (Wildman–Crippen MR) is 96.6 cm³/mol. The first-order chi connectivity index (χ1) is 11.8. The number of carbonyl (C=O) groups excluding carboxylic acids is 1. The molecule has 0 radical (unpaired) electrons. The third-order valence-corrected chi connectivity index (χ3v) is 3.59. The second kappa shape index (κ2) is 7.93. The molecule has 24 heavy (non-hydrogen) atoms. The molecule has 0 fully saturated rings. The van der Waals surface area contributed by atoms with Crippen LogP contribution in [0, 0.1) is 0 Å². The highest BCUT2D eigenvalue weighted by atomic mass is 16.5. The minimum Gasteiger partial charge on any atom is -0.423 e. The van der Waals surface area contributed by atoms with Gasteiger partial charge in [-0.1, -0.05) is 78.9 Å². The number of rotatable bonds is 5. The number of para-hydroxylation sites is 1. The number of benzene rings is 3. The Labute approximate surface area is 142 Å². The fraction of sp³-hybridized carbons (Fsp3) is 0.0455. The van der Waals surface area contributed by atoms with Gasteiger partial charge in [0.05, 0.1) is 0 Å². The Hall–Kier alpha value is -3.13. The Morgan fingerprint density at radius 1 is 0.750 bits per heavy atom. The molecule has 0 N–H and O–H groups in total. The van der Waals surface area contributed by atoms with Crippen molar-refractivity contribution in [3.05, 3.63) is 108 Å². The van der Waals surface area contributed by atoms with E-state index >= 15 is 0 Å². The highest BCUT2D eigenvalue weighted by Crippen LogP contribution is 2.17. The highest BCUT2D eigenvalue weighted by Gasteiger charge is 2.13. The van der Waals surface area contributed by atoms with Crippen LogP contribution in [0.2, 0.25) is 0 Å². The van der Waals surface area contributed by atoms with Crippen LogP contribution in [0.15, 0.2) is 96.6 Å². The van der Waals surface area contributed by atoms with Crippen LogP contribution in [0.1, 0.15) is 11.1 Å². The predicted octanol–water partition coefficient (Wildman–Crippen LogP) is 4.92. The zero-order chi connectivity index (χ0) is 16.6. The number of carbonyl (C=O) groups is 1. The molecule has 0 unspecified atom stereocenters. The van der Waals surface area contributed by atoms with Crippen molar-refractivity contribution in [1.29, 1.82) is 0 Å². The third kappa shape index (κ3) is 4.43. The first-order valence-electron chi connectivity index (χ1n) is 7.88. The summed E-state index contributed by atoms with van der Waals surface area (Å²) in [6.45, 7) is 0. The topological polar surface area (TPSA) is 26.3 Å². The van der Waals surface area contributed by atoms with Crippen LogP contribution >= 0.6 is 0 Å². The first kappa shape index (κ1) is 15.8. The van der Waals surface area contributed by atoms with Gasteiger partial charge in [-0.05, 0) is 29.3 Å². The lowest BCUT2D eigenvalue weighted by Crippen LogP contribution is -2.13. The maximum absolute atomic E-state index is 12.6. The van der Waals surface area contributed by atoms with Gasteiger partial charge < -0.3 is 4.74 Å². The maximum atomic E-state index is 12.6. The minimum absolute atomic E-state index is 0.325. The Bertz CT molecular complexity index is 806. The molecule has 0 amide bonds. The lowest BCUT2D eigenvalue weighted by Gasteiger charge is -2.09. The second-order valence-corrected chi connectivity index (χ2v) is 5.45. The molecule has 0 aromatic heterocycles. The molecule has 0 saturated carbocycles. The zero-order valence-corrected chi connectivity index (χ0v) is 13.3. The summed E-state index contributed by atoms with van der Waals surface area (Å²) in [5.41, 5.74) is 2.68. The molecule has 3 aromatic carbocycles. The van der Waals surface area contributed by atoms with Crippen LogP contribution in [-0.4, -0.2) is 5.97 Å². The van der Waals surface area contributed by atoms with Gasteiger partial charge in [0.1, 0.15) is 5.75 Å². The minimum atomic E-state index is -0.325. The van der Waals surface area contributed by atoms with Gasteiger partial charge in [0.15, 0.2) is 0 Å². The lowest BCUT2D eigenvalue weighted by molar-refractivity contribution is -0.130. The maximum Gasteiger partial charge on any atom is 0.339 e. The molecule has 2 nitrogen and oxygen atoms in total. The average molecular weight is 314 g/mol. The summed E-state index contributed by atoms with van der Waals surface area (Å²) in [4.78, 5) is 12.6. The molecule has 0 aliphatic heterocycles. The van der Waals surface area contributed by atoms with Crippen LogP contribution in [-0.2, 0) is 11.2 Å². The van der Waals surface area contributed by atoms with Gasteiger partial charge in [0.2, 0.25) is 0 Å². The largest absolute Gasteiger partial charge is 0.423 e. The molecule has 3 rings (SSSR count). The quantitative estimate of drug-likeness (QED) is 0.380. The fourth-order valence-electron chi connectivity index (χ4n) is 2.41. The summed E-state index contributed by atoms with van der Waals surface area (Å²) in [5, 5.41) is 0. The summed E-state index contributed by atoms with van der Waals surface area (Å²) < 4.78 is 5.51. The summed E-state index contributed by atoms with van der Waals surface area (Å²) in [5.74, 6) is 0.225. The molecule has 0 aliphatic rings. The molecule has 0 bridgehead atoms. The van der Waals surface area contributed by atoms with Crippen LogP contribution in [0.25, 0.3) is 6.08 Å². The van der Waals surface area contributed by atoms with Crippen molar-refractivity contribution in [1.82, 2.24) is 0 Å². The second-order valence-electron chi connectivity index (χ2n) is 5.45. The van der Waals surface area contributed by atoms with E-state index in [2.05, 4.69) is 0 Å². The molecular weight excluding hydrogens is 296 g/mol. The molecule has 0 spiro atoms. The molecule has 0 saturated heterocycles. The van der Waals surface area contributed by atoms with Gasteiger partial charge >= 0.3 is 5.97 Å². The van der Waals surface area contributed by atoms with Crippen LogP contribution in [0.3, 0.4) is 0 Å². The van der Waals surface area contributed by atoms with E-state index in [0.29, 0.717) is 17.7 Å². The van der Waals surface area contributed by atoms with E-state index in [4.69, 9.17) is 4.74 Å². The van der Waals surface area contributed by atoms with E-state index in [9.17, 15) is 4.79 Å². The van der Waals surface area contributed by atoms with E-state index in [1.807, 2.05) is 84.9 Å². The average Bonchev–Trinajstić information content (AvgIpc) is 2.64. The molecule has 0 heterocycles. The third-order valence-electron chi connectivity index (χ3n) is 3.59. The van der Waals surface area contributed by atoms with Gasteiger partial charge in [0.25, 0.3) is 0 Å². The van der Waals surface area contributed by atoms with Crippen molar-refractivity contribution in [3.8, 4) is 5.75 Å². The van der Waals surface area contributed by atoms with E-state index in [-0.39, 0.29) is 5.97 Å². The fourth-order valence-corrected chi connectivity index (χ4v) is 2.41. The Kier molecular flexibility index (Phi) is 5.21. The van der Waals surface area contributed by atoms with Crippen molar-refractivity contribution in [2.45, 2.75) is 6.42 Å². The van der Waals surface area contributed by atoms with Gasteiger partial charge in [-0.3, -0.25) is 0 Å². The van der Waals surface area contributed by atoms with Crippen molar-refractivity contribution >= 4 is 12.0 Å². The number of hydrogen-bond acceptors (Lipinski definition) is 2. The summed E-state index contributed by atoms with van der Waals surface area (Å²) in [6.07, 6.45) is 2.42. The van der Waals surface area contributed by atoms with Crippen molar-refractivity contribution < 1.29 is 9.53 Å². The smallest absolute Gasteiger partial charge is 0.339 e. The van der Waals surface area contributed by atoms with Crippen molar-refractivity contribution in [3.63, 3.8) is 0 Å². The summed E-state index contributed by atoms with van der Waals surface area (Å²) in [7, 11) is 0. The number of ether oxygens (including phenoxy) is 1. The molecule has 0 atom stereocenters. The SMILES string of the molecule is O=C(Oc1ccccc1)/C(=C\c1ccccc1)Cc1ccccc1. The van der Waals surface area contributed by atoms with Crippen LogP contribution < -0.4 is 4.74 Å². The molecule has 0 aliphatic carbocycles. The Morgan fingerprint density at radius 3 is 1.92 bits per heavy atom. The number of hydrogen-bond donors (Lipinski definition) is 0. The first-order valence-corrected chi connectivity index (χ1v) is 7.88. The Balaban J connectivity index is 1.86. The zero-order valence-electron chi connectivity index (χ0n) is 13.3. The molecular formula is C22H18O2. The standard InChI is InChI=1S/C22H18O2/c23-22(24-21-14-8-3-9-15-21)20(16-18-10-4-1-5-11-18)17-19-12-6-2-7-13-19/h1-16H,17H2/b20-16-. The van der Waals surface area contributed by atoms with Gasteiger partial charge in [-0.25, -0.2) is 4.79 Å². The van der Waals surface area contributed by atoms with Gasteiger partial charge in [0, 0.05) is 12.0 Å². The van der Waals surface area contributed by atoms with E-state index in [1.165, 1.54) is 0 Å². The van der Waals surface area contributed by atoms with Crippen LogP contribution in [0.4, 0.5) is 0 Å². The number of esters is 1. The van der Waals surface area contributed by atoms with Crippen molar-refractivity contribution in [2.75, 3.05) is 0 Å². The monoisotopic (exact) mass is 314 g/mol. The lowest BCUT2D eigenvalue weighted by atomic mass is 10.0. The van der Waals surface area contributed by atoms with Crippen molar-refractivity contribution in [2.24, 2.45) is 0 Å². The van der Waals surface area contributed by atoms with Gasteiger partial charge in [-0.2, -0.15) is 0 Å². The molecule has 118 valence electrons. The van der Waals surface area contributed by atoms with E-state index < -0.39 is 0 Å². The Morgan fingerprint density at radius 2 is 1.29 bits per heavy atom. The summed E-state index contributed by atoms with van der Waals surface area (Å²) >= 11 is 0. The van der Waals surface area contributed by atoms with Crippen LogP contribution in [0.5, 0.6) is 5.75 Å². The molecule has 2 heteroatoms. The molecule has 3 aromatic rings. The highest BCUT2D eigenvalue weighted by molar-refractivity contribution is 5.95.